The van der Waals surface area contributed by atoms with E-state index in [9.17, 15) is 18.3 Å². The first-order valence-corrected chi connectivity index (χ1v) is 7.81. The van der Waals surface area contributed by atoms with Gasteiger partial charge in [0.25, 0.3) is 0 Å². The van der Waals surface area contributed by atoms with Crippen LogP contribution in [0.3, 0.4) is 0 Å². The van der Waals surface area contributed by atoms with Crippen LogP contribution in [0.5, 0.6) is 0 Å². The Morgan fingerprint density at radius 1 is 1.45 bits per heavy atom. The largest absolute Gasteiger partial charge is 0.480 e. The van der Waals surface area contributed by atoms with E-state index in [1.807, 2.05) is 0 Å². The van der Waals surface area contributed by atoms with Gasteiger partial charge in [-0.1, -0.05) is 12.8 Å². The minimum absolute atomic E-state index is 0.100. The van der Waals surface area contributed by atoms with Crippen LogP contribution >= 0.6 is 0 Å². The molecule has 9 heteroatoms. The lowest BCUT2D eigenvalue weighted by Crippen LogP contribution is -2.44. The molecule has 3 N–H and O–H groups in total. The Kier molecular flexibility index (Phi) is 4.41. The smallest absolute Gasteiger partial charge is 0.325 e. The fraction of sp³-hybridized carbons (Fsp3) is 0.636. The SMILES string of the molecule is O=C(O)Cn1cc(S(=O)(=O)N[C@H]2CCCC[C@@H]2O)cn1. The number of nitrogens with one attached hydrogen (secondary N) is 1. The number of carboxylic acid groups (broad SMARTS) is 1. The number of sulfonamides is 1. The maximum atomic E-state index is 12.1. The summed E-state index contributed by atoms with van der Waals surface area (Å²) in [6.45, 7) is -0.401. The van der Waals surface area contributed by atoms with Gasteiger partial charge in [-0.2, -0.15) is 5.10 Å². The minimum Gasteiger partial charge on any atom is -0.480 e. The Balaban J connectivity index is 2.09. The van der Waals surface area contributed by atoms with Gasteiger partial charge in [0.2, 0.25) is 10.0 Å². The summed E-state index contributed by atoms with van der Waals surface area (Å²) in [7, 11) is -3.79. The van der Waals surface area contributed by atoms with E-state index in [-0.39, 0.29) is 4.90 Å². The third kappa shape index (κ3) is 3.56. The molecule has 0 amide bonds. The average molecular weight is 303 g/mol. The van der Waals surface area contributed by atoms with Crippen molar-refractivity contribution in [1.82, 2.24) is 14.5 Å². The molecule has 0 unspecified atom stereocenters. The summed E-state index contributed by atoms with van der Waals surface area (Å²) in [5.74, 6) is -1.10. The second kappa shape index (κ2) is 5.90. The highest BCUT2D eigenvalue weighted by Gasteiger charge is 2.28. The van der Waals surface area contributed by atoms with Crippen LogP contribution in [0.1, 0.15) is 25.7 Å². The number of aliphatic hydroxyl groups is 1. The van der Waals surface area contributed by atoms with Gasteiger partial charge in [-0.3, -0.25) is 9.48 Å². The Bertz CT molecular complexity index is 583. The van der Waals surface area contributed by atoms with E-state index in [1.54, 1.807) is 0 Å². The van der Waals surface area contributed by atoms with Crippen LogP contribution in [0, 0.1) is 0 Å². The molecule has 2 rings (SSSR count). The van der Waals surface area contributed by atoms with Crippen molar-refractivity contribution in [3.63, 3.8) is 0 Å². The van der Waals surface area contributed by atoms with E-state index in [4.69, 9.17) is 5.11 Å². The molecule has 0 saturated heterocycles. The summed E-state index contributed by atoms with van der Waals surface area (Å²) in [6, 6.07) is -0.503. The summed E-state index contributed by atoms with van der Waals surface area (Å²) in [5.41, 5.74) is 0. The predicted octanol–water partition coefficient (Wildman–Crippen LogP) is -0.451. The molecule has 0 spiro atoms. The fourth-order valence-electron chi connectivity index (χ4n) is 2.22. The van der Waals surface area contributed by atoms with E-state index in [2.05, 4.69) is 9.82 Å². The summed E-state index contributed by atoms with van der Waals surface area (Å²) in [6.07, 6.45) is 4.48. The first-order valence-electron chi connectivity index (χ1n) is 6.33. The topological polar surface area (TPSA) is 122 Å². The molecule has 20 heavy (non-hydrogen) atoms. The summed E-state index contributed by atoms with van der Waals surface area (Å²) >= 11 is 0. The molecule has 0 aliphatic heterocycles. The summed E-state index contributed by atoms with van der Waals surface area (Å²) in [5, 5.41) is 22.1. The predicted molar refractivity (Wildman–Crippen MR) is 68.4 cm³/mol. The molecule has 1 aliphatic rings. The molecule has 8 nitrogen and oxygen atoms in total. The normalized spacial score (nSPS) is 23.6. The number of nitrogens with zero attached hydrogens (tertiary/aromatic N) is 2. The lowest BCUT2D eigenvalue weighted by atomic mass is 9.93. The monoisotopic (exact) mass is 303 g/mol. The maximum absolute atomic E-state index is 12.1. The molecular weight excluding hydrogens is 286 g/mol. The Morgan fingerprint density at radius 2 is 2.15 bits per heavy atom. The molecule has 112 valence electrons. The third-order valence-electron chi connectivity index (χ3n) is 3.25. The number of hydrogen-bond donors (Lipinski definition) is 3. The first kappa shape index (κ1) is 14.9. The molecule has 1 saturated carbocycles. The van der Waals surface area contributed by atoms with E-state index < -0.39 is 34.7 Å². The number of hydrogen-bond acceptors (Lipinski definition) is 5. The minimum atomic E-state index is -3.79. The lowest BCUT2D eigenvalue weighted by Gasteiger charge is -2.27. The van der Waals surface area contributed by atoms with E-state index >= 15 is 0 Å². The zero-order valence-electron chi connectivity index (χ0n) is 10.8. The second-order valence-electron chi connectivity index (χ2n) is 4.85. The van der Waals surface area contributed by atoms with Gasteiger partial charge in [0.05, 0.1) is 12.3 Å². The Morgan fingerprint density at radius 3 is 2.80 bits per heavy atom. The van der Waals surface area contributed by atoms with Crippen molar-refractivity contribution >= 4 is 16.0 Å². The molecule has 0 radical (unpaired) electrons. The van der Waals surface area contributed by atoms with Crippen molar-refractivity contribution in [2.24, 2.45) is 0 Å². The highest BCUT2D eigenvalue weighted by molar-refractivity contribution is 7.89. The van der Waals surface area contributed by atoms with Crippen molar-refractivity contribution < 1.29 is 23.4 Å². The van der Waals surface area contributed by atoms with Crippen molar-refractivity contribution in [2.45, 2.75) is 49.3 Å². The highest BCUT2D eigenvalue weighted by Crippen LogP contribution is 2.20. The van der Waals surface area contributed by atoms with E-state index in [0.717, 1.165) is 29.9 Å². The van der Waals surface area contributed by atoms with Gasteiger partial charge in [0.1, 0.15) is 11.4 Å². The number of aliphatic hydroxyl groups excluding tert-OH is 1. The second-order valence-corrected chi connectivity index (χ2v) is 6.56. The zero-order chi connectivity index (χ0) is 14.8. The van der Waals surface area contributed by atoms with Crippen LogP contribution in [0.15, 0.2) is 17.3 Å². The van der Waals surface area contributed by atoms with Crippen LogP contribution < -0.4 is 4.72 Å². The molecule has 1 aromatic rings. The Hall–Kier alpha value is -1.45. The molecular formula is C11H17N3O5S. The number of rotatable bonds is 5. The maximum Gasteiger partial charge on any atom is 0.325 e. The van der Waals surface area contributed by atoms with E-state index in [0.29, 0.717) is 12.8 Å². The van der Waals surface area contributed by atoms with Gasteiger partial charge in [-0.25, -0.2) is 13.1 Å². The summed E-state index contributed by atoms with van der Waals surface area (Å²) in [4.78, 5) is 10.4. The molecule has 2 atom stereocenters. The van der Waals surface area contributed by atoms with Crippen molar-refractivity contribution in [2.75, 3.05) is 0 Å². The lowest BCUT2D eigenvalue weighted by molar-refractivity contribution is -0.137. The number of aliphatic carboxylic acids is 1. The quantitative estimate of drug-likeness (QED) is 0.677. The van der Waals surface area contributed by atoms with Crippen molar-refractivity contribution in [1.29, 1.82) is 0 Å². The highest BCUT2D eigenvalue weighted by atomic mass is 32.2. The van der Waals surface area contributed by atoms with Crippen LogP contribution in [-0.4, -0.2) is 46.5 Å². The fourth-order valence-corrected chi connectivity index (χ4v) is 3.48. The van der Waals surface area contributed by atoms with Crippen molar-refractivity contribution in [3.8, 4) is 0 Å². The zero-order valence-corrected chi connectivity index (χ0v) is 11.6. The number of carbonyl (C=O) groups is 1. The van der Waals surface area contributed by atoms with Gasteiger partial charge in [0.15, 0.2) is 0 Å². The number of aromatic nitrogens is 2. The van der Waals surface area contributed by atoms with Crippen LogP contribution in [0.2, 0.25) is 0 Å². The molecule has 1 aromatic heterocycles. The van der Waals surface area contributed by atoms with E-state index in [1.165, 1.54) is 0 Å². The van der Waals surface area contributed by atoms with Crippen LogP contribution in [0.25, 0.3) is 0 Å². The molecule has 1 fully saturated rings. The van der Waals surface area contributed by atoms with Gasteiger partial charge < -0.3 is 10.2 Å². The van der Waals surface area contributed by atoms with Crippen LogP contribution in [0.4, 0.5) is 0 Å². The van der Waals surface area contributed by atoms with Crippen LogP contribution in [-0.2, 0) is 21.4 Å². The van der Waals surface area contributed by atoms with Gasteiger partial charge >= 0.3 is 5.97 Å². The van der Waals surface area contributed by atoms with Gasteiger partial charge in [-0.15, -0.1) is 0 Å². The third-order valence-corrected chi connectivity index (χ3v) is 4.70. The Labute approximate surface area is 116 Å². The number of carboxylic acids is 1. The van der Waals surface area contributed by atoms with Gasteiger partial charge in [-0.05, 0) is 12.8 Å². The summed E-state index contributed by atoms with van der Waals surface area (Å²) < 4.78 is 27.7. The van der Waals surface area contributed by atoms with Crippen molar-refractivity contribution in [3.05, 3.63) is 12.4 Å². The molecule has 0 aromatic carbocycles. The molecule has 1 aliphatic carbocycles. The van der Waals surface area contributed by atoms with Gasteiger partial charge in [0, 0.05) is 12.2 Å². The average Bonchev–Trinajstić information content (AvgIpc) is 2.80. The first-order chi connectivity index (χ1) is 9.38. The molecule has 0 bridgehead atoms. The molecule has 1 heterocycles. The standard InChI is InChI=1S/C11H17N3O5S/c15-10-4-2-1-3-9(10)13-20(18,19)8-5-12-14(6-8)7-11(16)17/h5-6,9-10,13,15H,1-4,7H2,(H,16,17)/t9-,10-/m0/s1.